The summed E-state index contributed by atoms with van der Waals surface area (Å²) in [6, 6.07) is 0.256. The molecule has 7 heteroatoms. The second-order valence-corrected chi connectivity index (χ2v) is 5.43. The first kappa shape index (κ1) is 12.3. The number of nitrogens with two attached hydrogens (primary N) is 1. The molecule has 1 aromatic rings. The van der Waals surface area contributed by atoms with E-state index in [0.717, 1.165) is 37.3 Å². The van der Waals surface area contributed by atoms with Crippen LogP contribution in [-0.4, -0.2) is 59.1 Å². The third kappa shape index (κ3) is 2.73. The summed E-state index contributed by atoms with van der Waals surface area (Å²) in [6.45, 7) is 2.01. The van der Waals surface area contributed by atoms with Crippen LogP contribution >= 0.6 is 11.3 Å². The highest BCUT2D eigenvalue weighted by molar-refractivity contribution is 7.16. The molecule has 1 amide bonds. The maximum Gasteiger partial charge on any atom is 0.284 e. The molecule has 1 saturated heterocycles. The number of piperidine rings is 1. The Bertz CT molecular complexity index is 407. The van der Waals surface area contributed by atoms with Crippen LogP contribution in [0.4, 0.5) is 5.13 Å². The number of carbonyl (C=O) groups excluding carboxylic acids is 1. The van der Waals surface area contributed by atoms with Crippen molar-refractivity contribution in [2.75, 3.05) is 32.9 Å². The quantitative estimate of drug-likeness (QED) is 0.822. The summed E-state index contributed by atoms with van der Waals surface area (Å²) >= 11 is 1.14. The number of anilines is 1. The van der Waals surface area contributed by atoms with Crippen molar-refractivity contribution in [1.29, 1.82) is 0 Å². The zero-order valence-electron chi connectivity index (χ0n) is 10.1. The second-order valence-electron chi connectivity index (χ2n) is 4.42. The second kappa shape index (κ2) is 4.97. The van der Waals surface area contributed by atoms with E-state index >= 15 is 0 Å². The third-order valence-corrected chi connectivity index (χ3v) is 3.83. The maximum atomic E-state index is 12.1. The van der Waals surface area contributed by atoms with Crippen molar-refractivity contribution in [3.05, 3.63) is 5.01 Å². The molecule has 0 aliphatic carbocycles. The number of likely N-dealkylation sites (tertiary alicyclic amines) is 1. The van der Waals surface area contributed by atoms with E-state index in [0.29, 0.717) is 10.1 Å². The van der Waals surface area contributed by atoms with Gasteiger partial charge in [-0.2, -0.15) is 0 Å². The summed E-state index contributed by atoms with van der Waals surface area (Å²) in [4.78, 5) is 16.1. The number of nitrogen functional groups attached to an aromatic ring is 1. The number of hydrogen-bond acceptors (Lipinski definition) is 6. The zero-order chi connectivity index (χ0) is 12.4. The van der Waals surface area contributed by atoms with Crippen LogP contribution in [0.5, 0.6) is 0 Å². The summed E-state index contributed by atoms with van der Waals surface area (Å²) in [5.74, 6) is -0.0838. The smallest absolute Gasteiger partial charge is 0.284 e. The van der Waals surface area contributed by atoms with E-state index in [1.54, 1.807) is 4.90 Å². The molecule has 0 bridgehead atoms. The van der Waals surface area contributed by atoms with Crippen LogP contribution in [0.1, 0.15) is 22.6 Å². The van der Waals surface area contributed by atoms with Crippen LogP contribution in [0.3, 0.4) is 0 Å². The van der Waals surface area contributed by atoms with E-state index < -0.39 is 0 Å². The number of carbonyl (C=O) groups is 1. The summed E-state index contributed by atoms with van der Waals surface area (Å²) in [6.07, 6.45) is 2.16. The summed E-state index contributed by atoms with van der Waals surface area (Å²) in [5, 5.41) is 8.17. The lowest BCUT2D eigenvalue weighted by Gasteiger charge is -2.35. The molecule has 1 aromatic heterocycles. The van der Waals surface area contributed by atoms with Crippen LogP contribution in [0, 0.1) is 0 Å². The van der Waals surface area contributed by atoms with Gasteiger partial charge in [0.05, 0.1) is 0 Å². The minimum absolute atomic E-state index is 0.0838. The number of aromatic nitrogens is 2. The molecule has 1 unspecified atom stereocenters. The monoisotopic (exact) mass is 255 g/mol. The molecule has 2 heterocycles. The Morgan fingerprint density at radius 2 is 2.35 bits per heavy atom. The van der Waals surface area contributed by atoms with Gasteiger partial charge in [-0.1, -0.05) is 11.3 Å². The Labute approximate surface area is 104 Å². The minimum atomic E-state index is -0.0838. The molecule has 6 nitrogen and oxygen atoms in total. The predicted octanol–water partition coefficient (Wildman–Crippen LogP) is 0.287. The summed E-state index contributed by atoms with van der Waals surface area (Å²) in [5.41, 5.74) is 5.48. The molecule has 1 aliphatic heterocycles. The van der Waals surface area contributed by atoms with Crippen molar-refractivity contribution in [1.82, 2.24) is 20.0 Å². The molecule has 0 aromatic carbocycles. The Morgan fingerprint density at radius 1 is 1.59 bits per heavy atom. The van der Waals surface area contributed by atoms with Crippen molar-refractivity contribution >= 4 is 22.4 Å². The summed E-state index contributed by atoms with van der Waals surface area (Å²) < 4.78 is 0. The normalized spacial score (nSPS) is 21.4. The van der Waals surface area contributed by atoms with E-state index in [9.17, 15) is 4.79 Å². The maximum absolute atomic E-state index is 12.1. The molecule has 1 fully saturated rings. The molecule has 94 valence electrons. The van der Waals surface area contributed by atoms with E-state index in [1.807, 2.05) is 7.05 Å². The fraction of sp³-hybridized carbons (Fsp3) is 0.700. The number of likely N-dealkylation sites (N-methyl/N-ethyl adjacent to an activating group) is 2. The lowest BCUT2D eigenvalue weighted by molar-refractivity contribution is 0.0643. The highest BCUT2D eigenvalue weighted by Crippen LogP contribution is 2.18. The number of rotatable bonds is 2. The molecule has 17 heavy (non-hydrogen) atoms. The molecule has 1 aliphatic rings. The third-order valence-electron chi connectivity index (χ3n) is 3.09. The fourth-order valence-electron chi connectivity index (χ4n) is 2.09. The molecule has 0 radical (unpaired) electrons. The van der Waals surface area contributed by atoms with Gasteiger partial charge >= 0.3 is 0 Å². The molecule has 0 spiro atoms. The lowest BCUT2D eigenvalue weighted by atomic mass is 10.1. The highest BCUT2D eigenvalue weighted by atomic mass is 32.1. The Hall–Kier alpha value is -1.21. The molecule has 1 atom stereocenters. The molecule has 2 rings (SSSR count). The van der Waals surface area contributed by atoms with Crippen LogP contribution in [0.15, 0.2) is 0 Å². The molecular weight excluding hydrogens is 238 g/mol. The van der Waals surface area contributed by atoms with Crippen molar-refractivity contribution in [2.24, 2.45) is 0 Å². The van der Waals surface area contributed by atoms with E-state index in [4.69, 9.17) is 5.73 Å². The first-order chi connectivity index (χ1) is 8.08. The van der Waals surface area contributed by atoms with Crippen molar-refractivity contribution in [2.45, 2.75) is 18.9 Å². The number of nitrogens with zero attached hydrogens (tertiary/aromatic N) is 4. The van der Waals surface area contributed by atoms with Gasteiger partial charge in [-0.15, -0.1) is 10.2 Å². The Kier molecular flexibility index (Phi) is 3.58. The average molecular weight is 255 g/mol. The van der Waals surface area contributed by atoms with E-state index in [-0.39, 0.29) is 11.9 Å². The predicted molar refractivity (Wildman–Crippen MR) is 66.9 cm³/mol. The van der Waals surface area contributed by atoms with Gasteiger partial charge in [0.25, 0.3) is 5.91 Å². The minimum Gasteiger partial charge on any atom is -0.374 e. The van der Waals surface area contributed by atoms with Crippen molar-refractivity contribution < 1.29 is 4.79 Å². The van der Waals surface area contributed by atoms with Crippen molar-refractivity contribution in [3.8, 4) is 0 Å². The van der Waals surface area contributed by atoms with Gasteiger partial charge in [0.1, 0.15) is 0 Å². The van der Waals surface area contributed by atoms with Gasteiger partial charge in [0.15, 0.2) is 0 Å². The first-order valence-electron chi connectivity index (χ1n) is 5.62. The van der Waals surface area contributed by atoms with Gasteiger partial charge in [0.2, 0.25) is 10.1 Å². The van der Waals surface area contributed by atoms with E-state index in [1.165, 1.54) is 0 Å². The lowest BCUT2D eigenvalue weighted by Crippen LogP contribution is -2.47. The van der Waals surface area contributed by atoms with Gasteiger partial charge in [-0.05, 0) is 26.4 Å². The number of amides is 1. The molecule has 0 saturated carbocycles. The molecule has 2 N–H and O–H groups in total. The van der Waals surface area contributed by atoms with Crippen LogP contribution in [-0.2, 0) is 0 Å². The number of hydrogen-bond donors (Lipinski definition) is 1. The van der Waals surface area contributed by atoms with Crippen LogP contribution in [0.2, 0.25) is 0 Å². The largest absolute Gasteiger partial charge is 0.374 e. The van der Waals surface area contributed by atoms with E-state index in [2.05, 4.69) is 22.1 Å². The topological polar surface area (TPSA) is 75.3 Å². The zero-order valence-corrected chi connectivity index (χ0v) is 10.9. The Morgan fingerprint density at radius 3 is 2.94 bits per heavy atom. The van der Waals surface area contributed by atoms with Gasteiger partial charge < -0.3 is 15.5 Å². The molecular formula is C10H17N5OS. The fourth-order valence-corrected chi connectivity index (χ4v) is 2.69. The Balaban J connectivity index is 2.04. The van der Waals surface area contributed by atoms with Crippen LogP contribution < -0.4 is 5.73 Å². The summed E-state index contributed by atoms with van der Waals surface area (Å²) in [7, 11) is 3.90. The van der Waals surface area contributed by atoms with Crippen LogP contribution in [0.25, 0.3) is 0 Å². The standard InChI is InChI=1S/C10H17N5OS/c1-14-5-3-4-7(6-14)15(2)9(16)8-12-13-10(11)17-8/h7H,3-6H2,1-2H3,(H2,11,13). The van der Waals surface area contributed by atoms with Gasteiger partial charge in [0, 0.05) is 19.6 Å². The average Bonchev–Trinajstić information content (AvgIpc) is 2.74. The SMILES string of the molecule is CN1CCCC(N(C)C(=O)c2nnc(N)s2)C1. The highest BCUT2D eigenvalue weighted by Gasteiger charge is 2.26. The van der Waals surface area contributed by atoms with Crippen molar-refractivity contribution in [3.63, 3.8) is 0 Å². The first-order valence-corrected chi connectivity index (χ1v) is 6.44. The van der Waals surface area contributed by atoms with Gasteiger partial charge in [-0.3, -0.25) is 4.79 Å². The van der Waals surface area contributed by atoms with Gasteiger partial charge in [-0.25, -0.2) is 0 Å².